The van der Waals surface area contributed by atoms with Gasteiger partial charge in [0, 0.05) is 25.2 Å². The predicted molar refractivity (Wildman–Crippen MR) is 116 cm³/mol. The molecule has 0 spiro atoms. The van der Waals surface area contributed by atoms with Gasteiger partial charge in [-0.25, -0.2) is 8.42 Å². The van der Waals surface area contributed by atoms with Crippen LogP contribution in [-0.2, 0) is 10.0 Å². The molecule has 1 N–H and O–H groups in total. The monoisotopic (exact) mass is 438 g/mol. The highest BCUT2D eigenvalue weighted by molar-refractivity contribution is 7.92. The van der Waals surface area contributed by atoms with Gasteiger partial charge >= 0.3 is 0 Å². The van der Waals surface area contributed by atoms with E-state index in [1.54, 1.807) is 24.3 Å². The van der Waals surface area contributed by atoms with Crippen LogP contribution in [0.4, 0.5) is 5.69 Å². The highest BCUT2D eigenvalue weighted by Crippen LogP contribution is 2.28. The summed E-state index contributed by atoms with van der Waals surface area (Å²) in [4.78, 5) is 2.24. The molecule has 0 unspecified atom stereocenters. The quantitative estimate of drug-likeness (QED) is 0.686. The summed E-state index contributed by atoms with van der Waals surface area (Å²) in [5.74, 6) is 1.02. The van der Waals surface area contributed by atoms with Crippen molar-refractivity contribution in [1.29, 1.82) is 0 Å². The molecule has 2 aromatic rings. The molecule has 0 bridgehead atoms. The third-order valence-electron chi connectivity index (χ3n) is 5.20. The number of benzene rings is 2. The van der Waals surface area contributed by atoms with Gasteiger partial charge < -0.3 is 14.7 Å². The van der Waals surface area contributed by atoms with Gasteiger partial charge in [-0.05, 0) is 60.8 Å². The molecule has 2 aromatic carbocycles. The Balaban J connectivity index is 1.46. The number of aliphatic hydroxyl groups is 1. The number of hydrogen-bond donors (Lipinski definition) is 1. The van der Waals surface area contributed by atoms with Gasteiger partial charge in [-0.1, -0.05) is 23.7 Å². The average Bonchev–Trinajstić information content (AvgIpc) is 3.14. The molecule has 2 atom stereocenters. The Morgan fingerprint density at radius 1 is 1.28 bits per heavy atom. The van der Waals surface area contributed by atoms with Crippen LogP contribution >= 0.6 is 11.6 Å². The topological polar surface area (TPSA) is 70.1 Å². The maximum absolute atomic E-state index is 11.6. The maximum atomic E-state index is 11.6. The summed E-state index contributed by atoms with van der Waals surface area (Å²) < 4.78 is 30.0. The van der Waals surface area contributed by atoms with Crippen molar-refractivity contribution in [2.75, 3.05) is 43.8 Å². The largest absolute Gasteiger partial charge is 0.491 e. The molecule has 29 heavy (non-hydrogen) atoms. The molecular weight excluding hydrogens is 412 g/mol. The van der Waals surface area contributed by atoms with Crippen LogP contribution < -0.4 is 9.04 Å². The minimum atomic E-state index is -3.30. The summed E-state index contributed by atoms with van der Waals surface area (Å²) in [6.45, 7) is 2.55. The van der Waals surface area contributed by atoms with E-state index < -0.39 is 16.1 Å². The van der Waals surface area contributed by atoms with E-state index in [2.05, 4.69) is 11.0 Å². The van der Waals surface area contributed by atoms with E-state index in [0.717, 1.165) is 30.8 Å². The molecule has 1 aliphatic rings. The molecule has 0 radical (unpaired) electrons. The summed E-state index contributed by atoms with van der Waals surface area (Å²) in [7, 11) is -1.79. The second-order valence-corrected chi connectivity index (χ2v) is 9.94. The first kappa shape index (κ1) is 21.9. The third-order valence-corrected chi connectivity index (χ3v) is 6.64. The summed E-state index contributed by atoms with van der Waals surface area (Å²) in [6, 6.07) is 14.7. The minimum Gasteiger partial charge on any atom is -0.491 e. The lowest BCUT2D eigenvalue weighted by molar-refractivity contribution is 0.0754. The molecule has 0 aromatic heterocycles. The Morgan fingerprint density at radius 2 is 2.00 bits per heavy atom. The van der Waals surface area contributed by atoms with Gasteiger partial charge in [-0.15, -0.1) is 0 Å². The minimum absolute atomic E-state index is 0.180. The van der Waals surface area contributed by atoms with Gasteiger partial charge in [-0.2, -0.15) is 0 Å². The molecule has 0 aliphatic carbocycles. The summed E-state index contributed by atoms with van der Waals surface area (Å²) in [5, 5.41) is 11.1. The van der Waals surface area contributed by atoms with Crippen LogP contribution in [0.3, 0.4) is 0 Å². The number of aliphatic hydroxyl groups excluding tert-OH is 1. The van der Waals surface area contributed by atoms with E-state index in [1.807, 2.05) is 18.2 Å². The first-order valence-electron chi connectivity index (χ1n) is 9.55. The van der Waals surface area contributed by atoms with Gasteiger partial charge in [0.05, 0.1) is 11.9 Å². The lowest BCUT2D eigenvalue weighted by atomic mass is 9.99. The molecule has 1 aliphatic heterocycles. The Morgan fingerprint density at radius 3 is 2.66 bits per heavy atom. The van der Waals surface area contributed by atoms with E-state index in [4.69, 9.17) is 16.3 Å². The number of rotatable bonds is 8. The van der Waals surface area contributed by atoms with Crippen LogP contribution in [0, 0.1) is 0 Å². The number of sulfonamides is 1. The summed E-state index contributed by atoms with van der Waals surface area (Å²) in [5.41, 5.74) is 1.80. The van der Waals surface area contributed by atoms with Crippen LogP contribution in [0.5, 0.6) is 5.75 Å². The normalized spacial score (nSPS) is 18.6. The van der Waals surface area contributed by atoms with E-state index in [-0.39, 0.29) is 6.61 Å². The first-order chi connectivity index (χ1) is 13.7. The zero-order chi connectivity index (χ0) is 21.0. The van der Waals surface area contributed by atoms with Crippen molar-refractivity contribution >= 4 is 27.3 Å². The molecule has 6 nitrogen and oxygen atoms in total. The zero-order valence-corrected chi connectivity index (χ0v) is 18.2. The lowest BCUT2D eigenvalue weighted by Gasteiger charge is -2.21. The summed E-state index contributed by atoms with van der Waals surface area (Å²) >= 11 is 6.09. The number of hydrogen-bond acceptors (Lipinski definition) is 5. The highest BCUT2D eigenvalue weighted by atomic mass is 35.5. The van der Waals surface area contributed by atoms with E-state index in [1.165, 1.54) is 16.9 Å². The van der Waals surface area contributed by atoms with Crippen molar-refractivity contribution in [3.05, 3.63) is 59.1 Å². The van der Waals surface area contributed by atoms with E-state index in [9.17, 15) is 13.5 Å². The van der Waals surface area contributed by atoms with Gasteiger partial charge in [0.15, 0.2) is 0 Å². The number of halogens is 1. The molecule has 0 amide bonds. The fourth-order valence-electron chi connectivity index (χ4n) is 3.52. The van der Waals surface area contributed by atoms with Crippen molar-refractivity contribution in [2.45, 2.75) is 18.4 Å². The second kappa shape index (κ2) is 9.34. The van der Waals surface area contributed by atoms with Gasteiger partial charge in [-0.3, -0.25) is 4.31 Å². The summed E-state index contributed by atoms with van der Waals surface area (Å²) in [6.07, 6.45) is 1.60. The Kier molecular flexibility index (Phi) is 7.05. The predicted octanol–water partition coefficient (Wildman–Crippen LogP) is 2.97. The van der Waals surface area contributed by atoms with Gasteiger partial charge in [0.25, 0.3) is 0 Å². The SMILES string of the molecule is CN(c1ccc(OC[C@H](O)CN2CC[C@H](c3cccc(Cl)c3)C2)cc1)S(C)(=O)=O. The second-order valence-electron chi connectivity index (χ2n) is 7.49. The zero-order valence-electron chi connectivity index (χ0n) is 16.7. The van der Waals surface area contributed by atoms with Crippen LogP contribution in [0.1, 0.15) is 17.9 Å². The van der Waals surface area contributed by atoms with Gasteiger partial charge in [0.2, 0.25) is 10.0 Å². The molecule has 1 fully saturated rings. The molecular formula is C21H27ClN2O4S. The Hall–Kier alpha value is -1.80. The smallest absolute Gasteiger partial charge is 0.231 e. The standard InChI is InChI=1S/C21H27ClN2O4S/c1-23(29(2,26)27)19-6-8-21(9-7-19)28-15-20(25)14-24-11-10-17(13-24)16-4-3-5-18(22)12-16/h3-9,12,17,20,25H,10-11,13-15H2,1-2H3/t17-,20+/m0/s1. The van der Waals surface area contributed by atoms with Crippen LogP contribution in [-0.4, -0.2) is 64.1 Å². The van der Waals surface area contributed by atoms with Crippen molar-refractivity contribution in [1.82, 2.24) is 4.90 Å². The van der Waals surface area contributed by atoms with Crippen LogP contribution in [0.2, 0.25) is 5.02 Å². The Labute approximate surface area is 177 Å². The number of ether oxygens (including phenoxy) is 1. The van der Waals surface area contributed by atoms with Crippen molar-refractivity contribution < 1.29 is 18.3 Å². The number of anilines is 1. The van der Waals surface area contributed by atoms with Crippen molar-refractivity contribution in [3.63, 3.8) is 0 Å². The first-order valence-corrected chi connectivity index (χ1v) is 11.8. The Bertz CT molecular complexity index is 921. The number of β-amino-alcohol motifs (C(OH)–C–C–N with tert-alkyl or cyclic N) is 1. The number of nitrogens with zero attached hydrogens (tertiary/aromatic N) is 2. The highest BCUT2D eigenvalue weighted by Gasteiger charge is 2.25. The van der Waals surface area contributed by atoms with Crippen molar-refractivity contribution in [3.8, 4) is 5.75 Å². The molecule has 3 rings (SSSR count). The maximum Gasteiger partial charge on any atom is 0.231 e. The van der Waals surface area contributed by atoms with E-state index in [0.29, 0.717) is 23.9 Å². The third kappa shape index (κ3) is 6.09. The van der Waals surface area contributed by atoms with Gasteiger partial charge in [0.1, 0.15) is 18.5 Å². The molecule has 1 heterocycles. The molecule has 158 valence electrons. The fraction of sp³-hybridized carbons (Fsp3) is 0.429. The molecule has 8 heteroatoms. The molecule has 0 saturated carbocycles. The fourth-order valence-corrected chi connectivity index (χ4v) is 4.22. The van der Waals surface area contributed by atoms with E-state index >= 15 is 0 Å². The van der Waals surface area contributed by atoms with Crippen molar-refractivity contribution in [2.24, 2.45) is 0 Å². The van der Waals surface area contributed by atoms with Crippen LogP contribution in [0.15, 0.2) is 48.5 Å². The number of likely N-dealkylation sites (tertiary alicyclic amines) is 1. The average molecular weight is 439 g/mol. The molecule has 1 saturated heterocycles. The lowest BCUT2D eigenvalue weighted by Crippen LogP contribution is -2.34. The van der Waals surface area contributed by atoms with Crippen LogP contribution in [0.25, 0.3) is 0 Å².